The Hall–Kier alpha value is -3.18. The first-order valence-electron chi connectivity index (χ1n) is 29.8. The predicted molar refractivity (Wildman–Crippen MR) is 306 cm³/mol. The summed E-state index contributed by atoms with van der Waals surface area (Å²) in [6, 6.07) is 0. The van der Waals surface area contributed by atoms with Crippen LogP contribution >= 0.6 is 0 Å². The van der Waals surface area contributed by atoms with Crippen LogP contribution in [0.4, 0.5) is 0 Å². The summed E-state index contributed by atoms with van der Waals surface area (Å²) in [7, 11) is 0. The van der Waals surface area contributed by atoms with E-state index in [1.165, 1.54) is 141 Å². The molecule has 0 aromatic heterocycles. The van der Waals surface area contributed by atoms with Crippen molar-refractivity contribution in [2.45, 2.75) is 284 Å². The van der Waals surface area contributed by atoms with E-state index in [1.807, 2.05) is 0 Å². The summed E-state index contributed by atoms with van der Waals surface area (Å²) in [4.78, 5) is 25.6. The first kappa shape index (κ1) is 66.8. The topological polar surface area (TPSA) is 61.8 Å². The second kappa shape index (κ2) is 60.1. The largest absolute Gasteiger partial charge is 0.462 e. The number of hydrogen-bond donors (Lipinski definition) is 0. The molecule has 0 aliphatic rings. The molecule has 0 amide bonds. The zero-order valence-corrected chi connectivity index (χ0v) is 46.3. The third kappa shape index (κ3) is 57.4. The summed E-state index contributed by atoms with van der Waals surface area (Å²) in [6.45, 7) is 7.58. The van der Waals surface area contributed by atoms with Crippen molar-refractivity contribution in [1.29, 1.82) is 0 Å². The third-order valence-corrected chi connectivity index (χ3v) is 12.6. The predicted octanol–water partition coefficient (Wildman–Crippen LogP) is 20.6. The third-order valence-electron chi connectivity index (χ3n) is 12.6. The lowest BCUT2D eigenvalue weighted by atomic mass is 10.1. The molecule has 0 radical (unpaired) electrons. The molecule has 5 heteroatoms. The van der Waals surface area contributed by atoms with Gasteiger partial charge in [-0.3, -0.25) is 9.59 Å². The van der Waals surface area contributed by atoms with Gasteiger partial charge >= 0.3 is 11.9 Å². The van der Waals surface area contributed by atoms with Gasteiger partial charge in [0.05, 0.1) is 6.61 Å². The smallest absolute Gasteiger partial charge is 0.306 e. The lowest BCUT2D eigenvalue weighted by molar-refractivity contribution is -0.163. The van der Waals surface area contributed by atoms with Crippen LogP contribution in [0, 0.1) is 0 Å². The quantitative estimate of drug-likeness (QED) is 0.0345. The lowest BCUT2D eigenvalue weighted by Gasteiger charge is -2.18. The van der Waals surface area contributed by atoms with Crippen molar-refractivity contribution in [2.75, 3.05) is 19.8 Å². The first-order valence-corrected chi connectivity index (χ1v) is 29.8. The number of carbonyl (C=O) groups excluding carboxylic acids is 2. The van der Waals surface area contributed by atoms with E-state index in [2.05, 4.69) is 118 Å². The number of ether oxygens (including phenoxy) is 3. The number of unbranched alkanes of at least 4 members (excludes halogenated alkanes) is 27. The van der Waals surface area contributed by atoms with Gasteiger partial charge < -0.3 is 14.2 Å². The van der Waals surface area contributed by atoms with Gasteiger partial charge in [0, 0.05) is 19.4 Å². The highest BCUT2D eigenvalue weighted by Crippen LogP contribution is 2.15. The molecule has 0 saturated heterocycles. The Morgan fingerprint density at radius 3 is 1.04 bits per heavy atom. The van der Waals surface area contributed by atoms with Crippen molar-refractivity contribution in [2.24, 2.45) is 0 Å². The van der Waals surface area contributed by atoms with Gasteiger partial charge in [-0.25, -0.2) is 0 Å². The van der Waals surface area contributed by atoms with Crippen LogP contribution in [0.1, 0.15) is 278 Å². The van der Waals surface area contributed by atoms with Gasteiger partial charge in [-0.2, -0.15) is 0 Å². The maximum Gasteiger partial charge on any atom is 0.306 e. The first-order chi connectivity index (χ1) is 34.6. The Balaban J connectivity index is 4.33. The van der Waals surface area contributed by atoms with Gasteiger partial charge in [-0.05, 0) is 116 Å². The second-order valence-electron chi connectivity index (χ2n) is 19.5. The monoisotopic (exact) mass is 973 g/mol. The molecule has 0 N–H and O–H groups in total. The van der Waals surface area contributed by atoms with E-state index in [0.717, 1.165) is 103 Å². The van der Waals surface area contributed by atoms with Gasteiger partial charge in [0.2, 0.25) is 0 Å². The van der Waals surface area contributed by atoms with Crippen LogP contribution in [-0.4, -0.2) is 37.9 Å². The molecule has 5 nitrogen and oxygen atoms in total. The highest BCUT2D eigenvalue weighted by molar-refractivity contribution is 5.70. The summed E-state index contributed by atoms with van der Waals surface area (Å²) in [5.74, 6) is -0.427. The molecule has 0 saturated carbocycles. The highest BCUT2D eigenvalue weighted by atomic mass is 16.6. The van der Waals surface area contributed by atoms with Gasteiger partial charge in [0.1, 0.15) is 6.61 Å². The molecule has 0 aromatic carbocycles. The van der Waals surface area contributed by atoms with Gasteiger partial charge in [-0.15, -0.1) is 0 Å². The molecule has 1 atom stereocenters. The van der Waals surface area contributed by atoms with E-state index < -0.39 is 6.10 Å². The minimum atomic E-state index is -0.560. The minimum absolute atomic E-state index is 0.0676. The molecule has 0 spiro atoms. The maximum atomic E-state index is 12.9. The summed E-state index contributed by atoms with van der Waals surface area (Å²) in [6.07, 6.45) is 81.5. The highest BCUT2D eigenvalue weighted by Gasteiger charge is 2.17. The molecule has 0 aliphatic heterocycles. The maximum absolute atomic E-state index is 12.9. The molecule has 0 bridgehead atoms. The Morgan fingerprint density at radius 2 is 0.643 bits per heavy atom. The Morgan fingerprint density at radius 1 is 0.329 bits per heavy atom. The van der Waals surface area contributed by atoms with Gasteiger partial charge in [-0.1, -0.05) is 246 Å². The fourth-order valence-electron chi connectivity index (χ4n) is 8.22. The van der Waals surface area contributed by atoms with Crippen LogP contribution in [0.25, 0.3) is 0 Å². The second-order valence-corrected chi connectivity index (χ2v) is 19.5. The molecule has 0 aliphatic carbocycles. The standard InChI is InChI=1S/C65H112O5/c1-4-7-10-13-16-19-22-25-28-31-33-35-37-40-43-46-49-52-55-58-64(66)69-62-63(61-68-60-57-54-51-48-45-42-39-36-32-29-26-23-20-17-14-11-8-5-2)70-65(67)59-56-53-50-47-44-41-38-34-30-27-24-21-18-15-12-9-6-3/h8-9,11-12,17-18,20-21,25-30,38,41,63H,4-7,10,13-16,19,22-24,31-37,39-40,42-62H2,1-3H3/b11-8-,12-9-,20-17-,21-18-,28-25-,29-26-,30-27-,41-38-. The summed E-state index contributed by atoms with van der Waals surface area (Å²) >= 11 is 0. The summed E-state index contributed by atoms with van der Waals surface area (Å²) in [5.41, 5.74) is 0. The van der Waals surface area contributed by atoms with E-state index in [9.17, 15) is 9.59 Å². The van der Waals surface area contributed by atoms with Crippen LogP contribution in [0.3, 0.4) is 0 Å². The zero-order chi connectivity index (χ0) is 50.6. The molecule has 0 heterocycles. The zero-order valence-electron chi connectivity index (χ0n) is 46.3. The van der Waals surface area contributed by atoms with Gasteiger partial charge in [0.15, 0.2) is 6.10 Å². The minimum Gasteiger partial charge on any atom is -0.462 e. The van der Waals surface area contributed by atoms with Crippen LogP contribution in [-0.2, 0) is 23.8 Å². The van der Waals surface area contributed by atoms with E-state index in [4.69, 9.17) is 14.2 Å². The molecule has 0 fully saturated rings. The van der Waals surface area contributed by atoms with Crippen LogP contribution in [0.5, 0.6) is 0 Å². The van der Waals surface area contributed by atoms with Crippen LogP contribution < -0.4 is 0 Å². The molecular weight excluding hydrogens is 861 g/mol. The van der Waals surface area contributed by atoms with E-state index in [-0.39, 0.29) is 25.2 Å². The molecular formula is C65H112O5. The van der Waals surface area contributed by atoms with Crippen molar-refractivity contribution in [3.8, 4) is 0 Å². The van der Waals surface area contributed by atoms with Gasteiger partial charge in [0.25, 0.3) is 0 Å². The van der Waals surface area contributed by atoms with E-state index in [1.54, 1.807) is 0 Å². The molecule has 402 valence electrons. The molecule has 1 unspecified atom stereocenters. The van der Waals surface area contributed by atoms with Crippen LogP contribution in [0.15, 0.2) is 97.2 Å². The van der Waals surface area contributed by atoms with Crippen LogP contribution in [0.2, 0.25) is 0 Å². The SMILES string of the molecule is CC/C=C\C/C=C\C/C=C\C/C=C\CCCCCCC(=O)OC(COCCCCCCCCCC/C=C\C/C=C\C/C=C\CC)COC(=O)CCCCCCCCCCC/C=C\CCCCCCCC. The average molecular weight is 974 g/mol. The normalized spacial score (nSPS) is 12.9. The number of carbonyl (C=O) groups is 2. The van der Waals surface area contributed by atoms with Crippen molar-refractivity contribution < 1.29 is 23.8 Å². The molecule has 0 aromatic rings. The number of rotatable bonds is 54. The van der Waals surface area contributed by atoms with Crippen molar-refractivity contribution in [3.05, 3.63) is 97.2 Å². The summed E-state index contributed by atoms with van der Waals surface area (Å²) in [5, 5.41) is 0. The van der Waals surface area contributed by atoms with Crippen molar-refractivity contribution >= 4 is 11.9 Å². The Labute approximate surface area is 434 Å². The molecule has 70 heavy (non-hydrogen) atoms. The number of esters is 2. The van der Waals surface area contributed by atoms with E-state index in [0.29, 0.717) is 19.4 Å². The average Bonchev–Trinajstić information content (AvgIpc) is 3.36. The Kier molecular flexibility index (Phi) is 57.4. The van der Waals surface area contributed by atoms with Crippen molar-refractivity contribution in [1.82, 2.24) is 0 Å². The fourth-order valence-corrected chi connectivity index (χ4v) is 8.22. The van der Waals surface area contributed by atoms with E-state index >= 15 is 0 Å². The number of hydrogen-bond acceptors (Lipinski definition) is 5. The fraction of sp³-hybridized carbons (Fsp3) is 0.723. The molecule has 0 rings (SSSR count). The Bertz CT molecular complexity index is 1330. The summed E-state index contributed by atoms with van der Waals surface area (Å²) < 4.78 is 17.5. The lowest BCUT2D eigenvalue weighted by Crippen LogP contribution is -2.30. The van der Waals surface area contributed by atoms with Crippen molar-refractivity contribution in [3.63, 3.8) is 0 Å². The number of allylic oxidation sites excluding steroid dienone is 16.